The van der Waals surface area contributed by atoms with Crippen LogP contribution in [0.3, 0.4) is 0 Å². The Bertz CT molecular complexity index is 678. The molecule has 1 aromatic rings. The molecule has 1 N–H and O–H groups in total. The SMILES string of the molecule is CC1CCCCC1N(C)C(=O)CCNS(=O)(=O)c1cccc(Br)c1. The molecular formula is C17H25BrN2O3S. The quantitative estimate of drug-likeness (QED) is 0.774. The number of carbonyl (C=O) groups excluding carboxylic acids is 1. The topological polar surface area (TPSA) is 66.5 Å². The number of halogens is 1. The molecule has 2 unspecified atom stereocenters. The van der Waals surface area contributed by atoms with Gasteiger partial charge in [0.25, 0.3) is 0 Å². The van der Waals surface area contributed by atoms with Crippen molar-refractivity contribution in [3.63, 3.8) is 0 Å². The highest BCUT2D eigenvalue weighted by molar-refractivity contribution is 9.10. The lowest BCUT2D eigenvalue weighted by Crippen LogP contribution is -2.43. The third-order valence-electron chi connectivity index (χ3n) is 4.69. The van der Waals surface area contributed by atoms with E-state index in [9.17, 15) is 13.2 Å². The second-order valence-corrected chi connectivity index (χ2v) is 9.12. The van der Waals surface area contributed by atoms with Gasteiger partial charge in [-0.25, -0.2) is 13.1 Å². The number of benzene rings is 1. The van der Waals surface area contributed by atoms with Gasteiger partial charge in [0.2, 0.25) is 15.9 Å². The minimum atomic E-state index is -3.59. The molecule has 0 spiro atoms. The monoisotopic (exact) mass is 416 g/mol. The Morgan fingerprint density at radius 1 is 1.33 bits per heavy atom. The first-order valence-corrected chi connectivity index (χ1v) is 10.6. The van der Waals surface area contributed by atoms with E-state index >= 15 is 0 Å². The van der Waals surface area contributed by atoms with Gasteiger partial charge in [-0.3, -0.25) is 4.79 Å². The van der Waals surface area contributed by atoms with Gasteiger partial charge < -0.3 is 4.90 Å². The van der Waals surface area contributed by atoms with Crippen LogP contribution in [0.25, 0.3) is 0 Å². The van der Waals surface area contributed by atoms with Crippen LogP contribution in [-0.4, -0.2) is 38.9 Å². The minimum Gasteiger partial charge on any atom is -0.342 e. The van der Waals surface area contributed by atoms with Crippen LogP contribution in [-0.2, 0) is 14.8 Å². The fraction of sp³-hybridized carbons (Fsp3) is 0.588. The van der Waals surface area contributed by atoms with Crippen molar-refractivity contribution >= 4 is 31.9 Å². The van der Waals surface area contributed by atoms with Crippen molar-refractivity contribution < 1.29 is 13.2 Å². The third kappa shape index (κ3) is 5.04. The summed E-state index contributed by atoms with van der Waals surface area (Å²) < 4.78 is 27.7. The van der Waals surface area contributed by atoms with Gasteiger partial charge in [0, 0.05) is 30.5 Å². The van der Waals surface area contributed by atoms with Crippen molar-refractivity contribution in [1.29, 1.82) is 0 Å². The van der Waals surface area contributed by atoms with Crippen LogP contribution in [0.2, 0.25) is 0 Å². The predicted molar refractivity (Wildman–Crippen MR) is 98.1 cm³/mol. The van der Waals surface area contributed by atoms with Crippen LogP contribution in [0, 0.1) is 5.92 Å². The van der Waals surface area contributed by atoms with Gasteiger partial charge in [0.1, 0.15) is 0 Å². The summed E-state index contributed by atoms with van der Waals surface area (Å²) in [5, 5.41) is 0. The lowest BCUT2D eigenvalue weighted by atomic mass is 9.85. The Labute approximate surface area is 153 Å². The molecule has 1 saturated carbocycles. The zero-order valence-corrected chi connectivity index (χ0v) is 16.6. The van der Waals surface area contributed by atoms with E-state index in [2.05, 4.69) is 27.6 Å². The Kier molecular flexibility index (Phi) is 6.83. The van der Waals surface area contributed by atoms with Crippen LogP contribution in [0.15, 0.2) is 33.6 Å². The van der Waals surface area contributed by atoms with E-state index in [0.717, 1.165) is 19.3 Å². The molecule has 1 aliphatic carbocycles. The highest BCUT2D eigenvalue weighted by Crippen LogP contribution is 2.27. The standard InChI is InChI=1S/C17H25BrN2O3S/c1-13-6-3-4-9-16(13)20(2)17(21)10-11-19-24(22,23)15-8-5-7-14(18)12-15/h5,7-8,12-13,16,19H,3-4,6,9-11H2,1-2H3. The molecule has 7 heteroatoms. The summed E-state index contributed by atoms with van der Waals surface area (Å²) in [5.41, 5.74) is 0. The molecule has 1 amide bonds. The molecule has 1 aliphatic rings. The van der Waals surface area contributed by atoms with Crippen molar-refractivity contribution in [2.45, 2.75) is 50.0 Å². The zero-order valence-electron chi connectivity index (χ0n) is 14.2. The van der Waals surface area contributed by atoms with Gasteiger partial charge in [-0.15, -0.1) is 0 Å². The molecule has 1 aromatic carbocycles. The van der Waals surface area contributed by atoms with Gasteiger partial charge in [0.15, 0.2) is 0 Å². The highest BCUT2D eigenvalue weighted by atomic mass is 79.9. The van der Waals surface area contributed by atoms with Crippen LogP contribution < -0.4 is 4.72 Å². The zero-order chi connectivity index (χ0) is 17.7. The number of amides is 1. The van der Waals surface area contributed by atoms with Gasteiger partial charge >= 0.3 is 0 Å². The van der Waals surface area contributed by atoms with Crippen LogP contribution >= 0.6 is 15.9 Å². The first kappa shape index (κ1) is 19.4. The average Bonchev–Trinajstić information content (AvgIpc) is 2.54. The number of hydrogen-bond donors (Lipinski definition) is 1. The normalized spacial score (nSPS) is 21.5. The molecule has 24 heavy (non-hydrogen) atoms. The summed E-state index contributed by atoms with van der Waals surface area (Å²) >= 11 is 3.26. The maximum Gasteiger partial charge on any atom is 0.240 e. The molecular weight excluding hydrogens is 392 g/mol. The largest absolute Gasteiger partial charge is 0.342 e. The summed E-state index contributed by atoms with van der Waals surface area (Å²) in [5.74, 6) is 0.497. The summed E-state index contributed by atoms with van der Waals surface area (Å²) in [6.45, 7) is 2.29. The van der Waals surface area contributed by atoms with E-state index in [1.165, 1.54) is 12.5 Å². The van der Waals surface area contributed by atoms with Crippen molar-refractivity contribution in [3.8, 4) is 0 Å². The number of sulfonamides is 1. The number of rotatable bonds is 6. The molecule has 0 heterocycles. The van der Waals surface area contributed by atoms with E-state index in [1.54, 1.807) is 23.1 Å². The van der Waals surface area contributed by atoms with E-state index in [-0.39, 0.29) is 29.8 Å². The molecule has 5 nitrogen and oxygen atoms in total. The summed E-state index contributed by atoms with van der Waals surface area (Å²) in [6.07, 6.45) is 4.74. The van der Waals surface area contributed by atoms with E-state index in [1.807, 2.05) is 7.05 Å². The molecule has 1 fully saturated rings. The first-order valence-electron chi connectivity index (χ1n) is 8.32. The fourth-order valence-corrected chi connectivity index (χ4v) is 4.87. The molecule has 0 radical (unpaired) electrons. The lowest BCUT2D eigenvalue weighted by molar-refractivity contribution is -0.133. The molecule has 2 atom stereocenters. The Hall–Kier alpha value is -0.920. The number of nitrogens with zero attached hydrogens (tertiary/aromatic N) is 1. The predicted octanol–water partition coefficient (Wildman–Crippen LogP) is 3.15. The Balaban J connectivity index is 1.87. The number of hydrogen-bond acceptors (Lipinski definition) is 3. The second kappa shape index (κ2) is 8.45. The Morgan fingerprint density at radius 3 is 2.71 bits per heavy atom. The maximum absolute atomic E-state index is 12.3. The average molecular weight is 417 g/mol. The highest BCUT2D eigenvalue weighted by Gasteiger charge is 2.27. The van der Waals surface area contributed by atoms with Gasteiger partial charge in [-0.05, 0) is 37.0 Å². The van der Waals surface area contributed by atoms with Crippen LogP contribution in [0.1, 0.15) is 39.0 Å². The molecule has 0 saturated heterocycles. The lowest BCUT2D eigenvalue weighted by Gasteiger charge is -2.36. The van der Waals surface area contributed by atoms with Crippen molar-refractivity contribution in [1.82, 2.24) is 9.62 Å². The maximum atomic E-state index is 12.3. The van der Waals surface area contributed by atoms with Gasteiger partial charge in [-0.2, -0.15) is 0 Å². The molecule has 0 aliphatic heterocycles. The van der Waals surface area contributed by atoms with E-state index < -0.39 is 10.0 Å². The van der Waals surface area contributed by atoms with E-state index in [0.29, 0.717) is 10.4 Å². The Morgan fingerprint density at radius 2 is 2.04 bits per heavy atom. The van der Waals surface area contributed by atoms with Crippen molar-refractivity contribution in [2.24, 2.45) is 5.92 Å². The third-order valence-corrected chi connectivity index (χ3v) is 6.65. The second-order valence-electron chi connectivity index (χ2n) is 6.44. The summed E-state index contributed by atoms with van der Waals surface area (Å²) in [7, 11) is -1.76. The smallest absolute Gasteiger partial charge is 0.240 e. The fourth-order valence-electron chi connectivity index (χ4n) is 3.24. The van der Waals surface area contributed by atoms with E-state index in [4.69, 9.17) is 0 Å². The summed E-state index contributed by atoms with van der Waals surface area (Å²) in [6, 6.07) is 6.78. The van der Waals surface area contributed by atoms with Gasteiger partial charge in [0.05, 0.1) is 4.90 Å². The number of carbonyl (C=O) groups is 1. The van der Waals surface area contributed by atoms with Crippen LogP contribution in [0.4, 0.5) is 0 Å². The number of nitrogens with one attached hydrogen (secondary N) is 1. The summed E-state index contributed by atoms with van der Waals surface area (Å²) in [4.78, 5) is 14.3. The van der Waals surface area contributed by atoms with Crippen molar-refractivity contribution in [2.75, 3.05) is 13.6 Å². The molecule has 134 valence electrons. The molecule has 0 bridgehead atoms. The van der Waals surface area contributed by atoms with Gasteiger partial charge in [-0.1, -0.05) is 41.8 Å². The van der Waals surface area contributed by atoms with Crippen molar-refractivity contribution in [3.05, 3.63) is 28.7 Å². The molecule has 0 aromatic heterocycles. The van der Waals surface area contributed by atoms with Crippen LogP contribution in [0.5, 0.6) is 0 Å². The first-order chi connectivity index (χ1) is 11.3. The minimum absolute atomic E-state index is 0.00862. The molecule has 2 rings (SSSR count).